The quantitative estimate of drug-likeness (QED) is 0.687. The van der Waals surface area contributed by atoms with E-state index in [1.165, 1.54) is 7.11 Å². The number of benzene rings is 1. The Balaban J connectivity index is 1.64. The standard InChI is InChI=1S/C19H17ClN4O2/c1-26-18-5-2-14(20)10-17(18)24-19(25)16-4-3-15(12-23-16)22-11-13-6-8-21-9-7-13/h2-10,12,22H,11H2,1H3,(H,24,25). The van der Waals surface area contributed by atoms with Gasteiger partial charge in [0, 0.05) is 24.0 Å². The smallest absolute Gasteiger partial charge is 0.274 e. The average molecular weight is 369 g/mol. The van der Waals surface area contributed by atoms with Gasteiger partial charge < -0.3 is 15.4 Å². The fraction of sp³-hybridized carbons (Fsp3) is 0.105. The molecule has 6 nitrogen and oxygen atoms in total. The van der Waals surface area contributed by atoms with Crippen molar-refractivity contribution in [3.05, 3.63) is 77.3 Å². The number of rotatable bonds is 6. The Morgan fingerprint density at radius 3 is 2.65 bits per heavy atom. The van der Waals surface area contributed by atoms with E-state index in [0.717, 1.165) is 11.3 Å². The van der Waals surface area contributed by atoms with Crippen molar-refractivity contribution < 1.29 is 9.53 Å². The Morgan fingerprint density at radius 2 is 1.96 bits per heavy atom. The number of amides is 1. The maximum Gasteiger partial charge on any atom is 0.274 e. The van der Waals surface area contributed by atoms with E-state index >= 15 is 0 Å². The molecule has 0 bridgehead atoms. The second kappa shape index (κ2) is 8.31. The molecule has 3 aromatic rings. The third-order valence-corrected chi connectivity index (χ3v) is 3.89. The van der Waals surface area contributed by atoms with Gasteiger partial charge >= 0.3 is 0 Å². The number of anilines is 2. The first-order chi connectivity index (χ1) is 12.7. The highest BCUT2D eigenvalue weighted by atomic mass is 35.5. The summed E-state index contributed by atoms with van der Waals surface area (Å²) in [4.78, 5) is 20.6. The molecule has 1 amide bonds. The van der Waals surface area contributed by atoms with E-state index in [9.17, 15) is 4.79 Å². The Hall–Kier alpha value is -3.12. The minimum Gasteiger partial charge on any atom is -0.495 e. The van der Waals surface area contributed by atoms with E-state index in [4.69, 9.17) is 16.3 Å². The monoisotopic (exact) mass is 368 g/mol. The van der Waals surface area contributed by atoms with Gasteiger partial charge in [-0.25, -0.2) is 4.98 Å². The minimum atomic E-state index is -0.341. The molecule has 0 saturated heterocycles. The summed E-state index contributed by atoms with van der Waals surface area (Å²) >= 11 is 5.97. The fourth-order valence-electron chi connectivity index (χ4n) is 2.30. The van der Waals surface area contributed by atoms with Crippen LogP contribution in [-0.4, -0.2) is 23.0 Å². The Morgan fingerprint density at radius 1 is 1.15 bits per heavy atom. The number of nitrogens with one attached hydrogen (secondary N) is 2. The number of pyridine rings is 2. The van der Waals surface area contributed by atoms with Gasteiger partial charge in [-0.05, 0) is 48.0 Å². The van der Waals surface area contributed by atoms with Crippen molar-refractivity contribution in [1.82, 2.24) is 9.97 Å². The molecular formula is C19H17ClN4O2. The lowest BCUT2D eigenvalue weighted by Crippen LogP contribution is -2.14. The van der Waals surface area contributed by atoms with Crippen molar-refractivity contribution in [2.45, 2.75) is 6.54 Å². The molecule has 26 heavy (non-hydrogen) atoms. The van der Waals surface area contributed by atoms with Crippen molar-refractivity contribution in [1.29, 1.82) is 0 Å². The van der Waals surface area contributed by atoms with Gasteiger partial charge in [0.2, 0.25) is 0 Å². The van der Waals surface area contributed by atoms with Crippen molar-refractivity contribution >= 4 is 28.9 Å². The highest BCUT2D eigenvalue weighted by molar-refractivity contribution is 6.31. The van der Waals surface area contributed by atoms with Crippen LogP contribution in [0.3, 0.4) is 0 Å². The molecule has 2 aromatic heterocycles. The van der Waals surface area contributed by atoms with Crippen LogP contribution < -0.4 is 15.4 Å². The molecule has 0 aliphatic heterocycles. The van der Waals surface area contributed by atoms with Gasteiger partial charge in [-0.1, -0.05) is 11.6 Å². The third-order valence-electron chi connectivity index (χ3n) is 3.65. The Bertz CT molecular complexity index is 886. The summed E-state index contributed by atoms with van der Waals surface area (Å²) in [6.45, 7) is 0.648. The zero-order valence-corrected chi connectivity index (χ0v) is 14.8. The molecule has 0 atom stereocenters. The molecule has 7 heteroatoms. The molecular weight excluding hydrogens is 352 g/mol. The van der Waals surface area contributed by atoms with Crippen molar-refractivity contribution in [2.24, 2.45) is 0 Å². The molecule has 0 aliphatic rings. The lowest BCUT2D eigenvalue weighted by Gasteiger charge is -2.11. The van der Waals surface area contributed by atoms with Crippen molar-refractivity contribution in [2.75, 3.05) is 17.7 Å². The van der Waals surface area contributed by atoms with Gasteiger partial charge in [0.25, 0.3) is 5.91 Å². The average Bonchev–Trinajstić information content (AvgIpc) is 2.68. The number of aromatic nitrogens is 2. The van der Waals surface area contributed by atoms with Crippen LogP contribution in [-0.2, 0) is 6.54 Å². The van der Waals surface area contributed by atoms with Crippen LogP contribution in [0.2, 0.25) is 5.02 Å². The lowest BCUT2D eigenvalue weighted by molar-refractivity contribution is 0.102. The van der Waals surface area contributed by atoms with Crippen molar-refractivity contribution in [3.8, 4) is 5.75 Å². The number of carbonyl (C=O) groups is 1. The lowest BCUT2D eigenvalue weighted by atomic mass is 10.2. The van der Waals surface area contributed by atoms with Crippen LogP contribution in [0.15, 0.2) is 61.1 Å². The predicted octanol–water partition coefficient (Wildman–Crippen LogP) is 4.00. The number of halogens is 1. The number of hydrogen-bond acceptors (Lipinski definition) is 5. The van der Waals surface area contributed by atoms with Gasteiger partial charge in [-0.2, -0.15) is 0 Å². The highest BCUT2D eigenvalue weighted by Crippen LogP contribution is 2.28. The molecule has 3 rings (SSSR count). The largest absolute Gasteiger partial charge is 0.495 e. The van der Waals surface area contributed by atoms with Crippen LogP contribution in [0, 0.1) is 0 Å². The topological polar surface area (TPSA) is 76.1 Å². The van der Waals surface area contributed by atoms with Gasteiger partial charge in [0.05, 0.1) is 24.7 Å². The maximum absolute atomic E-state index is 12.4. The van der Waals surface area contributed by atoms with Crippen molar-refractivity contribution in [3.63, 3.8) is 0 Å². The zero-order chi connectivity index (χ0) is 18.4. The summed E-state index contributed by atoms with van der Waals surface area (Å²) in [7, 11) is 1.53. The normalized spacial score (nSPS) is 10.2. The maximum atomic E-state index is 12.4. The van der Waals surface area contributed by atoms with Gasteiger partial charge in [-0.15, -0.1) is 0 Å². The molecule has 0 spiro atoms. The highest BCUT2D eigenvalue weighted by Gasteiger charge is 2.11. The number of carbonyl (C=O) groups excluding carboxylic acids is 1. The van der Waals surface area contributed by atoms with Crippen LogP contribution in [0.1, 0.15) is 16.1 Å². The summed E-state index contributed by atoms with van der Waals surface area (Å²) in [5, 5.41) is 6.51. The summed E-state index contributed by atoms with van der Waals surface area (Å²) < 4.78 is 5.22. The van der Waals surface area contributed by atoms with E-state index in [1.807, 2.05) is 12.1 Å². The molecule has 0 aliphatic carbocycles. The molecule has 0 fully saturated rings. The summed E-state index contributed by atoms with van der Waals surface area (Å²) in [5.41, 5.74) is 2.71. The molecule has 2 N–H and O–H groups in total. The van der Waals surface area contributed by atoms with E-state index < -0.39 is 0 Å². The van der Waals surface area contributed by atoms with Gasteiger partial charge in [0.1, 0.15) is 11.4 Å². The van der Waals surface area contributed by atoms with E-state index in [-0.39, 0.29) is 5.91 Å². The molecule has 0 radical (unpaired) electrons. The fourth-order valence-corrected chi connectivity index (χ4v) is 2.47. The first-order valence-corrected chi connectivity index (χ1v) is 8.27. The summed E-state index contributed by atoms with van der Waals surface area (Å²) in [6.07, 6.45) is 5.10. The second-order valence-electron chi connectivity index (χ2n) is 5.44. The zero-order valence-electron chi connectivity index (χ0n) is 14.1. The van der Waals surface area contributed by atoms with Gasteiger partial charge in [0.15, 0.2) is 0 Å². The molecule has 0 unspecified atom stereocenters. The number of ether oxygens (including phenoxy) is 1. The van der Waals surface area contributed by atoms with Crippen LogP contribution in [0.5, 0.6) is 5.75 Å². The predicted molar refractivity (Wildman–Crippen MR) is 102 cm³/mol. The molecule has 1 aromatic carbocycles. The van der Waals surface area contributed by atoms with E-state index in [1.54, 1.807) is 48.9 Å². The van der Waals surface area contributed by atoms with Crippen LogP contribution in [0.4, 0.5) is 11.4 Å². The number of methoxy groups -OCH3 is 1. The molecule has 2 heterocycles. The molecule has 0 saturated carbocycles. The minimum absolute atomic E-state index is 0.293. The Kier molecular flexibility index (Phi) is 5.66. The van der Waals surface area contributed by atoms with Crippen LogP contribution in [0.25, 0.3) is 0 Å². The Labute approximate surface area is 156 Å². The van der Waals surface area contributed by atoms with E-state index in [0.29, 0.717) is 28.7 Å². The summed E-state index contributed by atoms with van der Waals surface area (Å²) in [6, 6.07) is 12.3. The third kappa shape index (κ3) is 4.49. The van der Waals surface area contributed by atoms with Gasteiger partial charge in [-0.3, -0.25) is 9.78 Å². The summed E-state index contributed by atoms with van der Waals surface area (Å²) in [5.74, 6) is 0.185. The molecule has 132 valence electrons. The second-order valence-corrected chi connectivity index (χ2v) is 5.88. The number of hydrogen-bond donors (Lipinski definition) is 2. The first-order valence-electron chi connectivity index (χ1n) is 7.89. The van der Waals surface area contributed by atoms with Crippen LogP contribution >= 0.6 is 11.6 Å². The van der Waals surface area contributed by atoms with E-state index in [2.05, 4.69) is 20.6 Å². The number of nitrogens with zero attached hydrogens (tertiary/aromatic N) is 2. The first kappa shape index (κ1) is 17.7. The SMILES string of the molecule is COc1ccc(Cl)cc1NC(=O)c1ccc(NCc2ccncc2)cn1.